The van der Waals surface area contributed by atoms with Gasteiger partial charge in [-0.05, 0) is 51.1 Å². The van der Waals surface area contributed by atoms with E-state index in [0.717, 1.165) is 23.9 Å². The molecule has 1 saturated heterocycles. The van der Waals surface area contributed by atoms with Crippen molar-refractivity contribution in [2.24, 2.45) is 11.8 Å². The number of rotatable bonds is 3. The van der Waals surface area contributed by atoms with Crippen LogP contribution in [0.15, 0.2) is 0 Å². The molecule has 0 spiro atoms. The highest BCUT2D eigenvalue weighted by atomic mass is 15.1. The standard InChI is InChI=1S/C13H26N2/c1-10(2)11-7-13(8-11)14-12-5-4-6-15(3)9-12/h10-14H,4-9H2,1-3H3. The summed E-state index contributed by atoms with van der Waals surface area (Å²) in [4.78, 5) is 2.46. The molecule has 2 fully saturated rings. The van der Waals surface area contributed by atoms with Crippen molar-refractivity contribution in [3.8, 4) is 0 Å². The molecule has 2 heteroatoms. The largest absolute Gasteiger partial charge is 0.310 e. The Bertz CT molecular complexity index is 197. The van der Waals surface area contributed by atoms with Gasteiger partial charge >= 0.3 is 0 Å². The Labute approximate surface area is 94.4 Å². The van der Waals surface area contributed by atoms with Crippen LogP contribution in [0.2, 0.25) is 0 Å². The van der Waals surface area contributed by atoms with Gasteiger partial charge in [-0.2, -0.15) is 0 Å². The molecule has 1 aliphatic heterocycles. The summed E-state index contributed by atoms with van der Waals surface area (Å²) in [6, 6.07) is 1.59. The lowest BCUT2D eigenvalue weighted by Crippen LogP contribution is -2.52. The Kier molecular flexibility index (Phi) is 3.68. The Morgan fingerprint density at radius 1 is 1.20 bits per heavy atom. The molecule has 0 aromatic rings. The minimum Gasteiger partial charge on any atom is -0.310 e. The van der Waals surface area contributed by atoms with Crippen molar-refractivity contribution >= 4 is 0 Å². The molecular formula is C13H26N2. The van der Waals surface area contributed by atoms with Crippen LogP contribution in [0.4, 0.5) is 0 Å². The van der Waals surface area contributed by atoms with Gasteiger partial charge in [0.1, 0.15) is 0 Å². The lowest BCUT2D eigenvalue weighted by atomic mass is 9.73. The average molecular weight is 210 g/mol. The molecule has 2 aliphatic rings. The molecule has 88 valence electrons. The van der Waals surface area contributed by atoms with Gasteiger partial charge in [0.05, 0.1) is 0 Å². The first-order valence-electron chi connectivity index (χ1n) is 6.59. The number of piperidine rings is 1. The van der Waals surface area contributed by atoms with E-state index in [1.165, 1.54) is 38.8 Å². The summed E-state index contributed by atoms with van der Waals surface area (Å²) in [5, 5.41) is 3.83. The summed E-state index contributed by atoms with van der Waals surface area (Å²) in [5.41, 5.74) is 0. The van der Waals surface area contributed by atoms with E-state index in [0.29, 0.717) is 0 Å². The van der Waals surface area contributed by atoms with Crippen LogP contribution in [0.25, 0.3) is 0 Å². The third-order valence-corrected chi connectivity index (χ3v) is 4.21. The van der Waals surface area contributed by atoms with Gasteiger partial charge in [0.15, 0.2) is 0 Å². The maximum atomic E-state index is 3.83. The quantitative estimate of drug-likeness (QED) is 0.767. The summed E-state index contributed by atoms with van der Waals surface area (Å²) in [6.07, 6.45) is 5.58. The lowest BCUT2D eigenvalue weighted by Gasteiger charge is -2.42. The number of hydrogen-bond acceptors (Lipinski definition) is 2. The topological polar surface area (TPSA) is 15.3 Å². The van der Waals surface area contributed by atoms with Crippen molar-refractivity contribution in [3.05, 3.63) is 0 Å². The third-order valence-electron chi connectivity index (χ3n) is 4.21. The number of nitrogens with zero attached hydrogens (tertiary/aromatic N) is 1. The maximum Gasteiger partial charge on any atom is 0.0197 e. The zero-order valence-corrected chi connectivity index (χ0v) is 10.5. The smallest absolute Gasteiger partial charge is 0.0197 e. The van der Waals surface area contributed by atoms with Crippen molar-refractivity contribution in [2.75, 3.05) is 20.1 Å². The molecule has 0 aromatic heterocycles. The Morgan fingerprint density at radius 3 is 2.53 bits per heavy atom. The Morgan fingerprint density at radius 2 is 1.93 bits per heavy atom. The molecule has 1 saturated carbocycles. The molecule has 15 heavy (non-hydrogen) atoms. The first kappa shape index (κ1) is 11.4. The van der Waals surface area contributed by atoms with Crippen LogP contribution in [0, 0.1) is 11.8 Å². The van der Waals surface area contributed by atoms with Gasteiger partial charge in [0.25, 0.3) is 0 Å². The van der Waals surface area contributed by atoms with Crippen molar-refractivity contribution in [2.45, 2.75) is 51.6 Å². The van der Waals surface area contributed by atoms with Crippen LogP contribution in [0.5, 0.6) is 0 Å². The van der Waals surface area contributed by atoms with E-state index in [4.69, 9.17) is 0 Å². The summed E-state index contributed by atoms with van der Waals surface area (Å²) in [5.74, 6) is 1.88. The first-order valence-corrected chi connectivity index (χ1v) is 6.59. The second-order valence-corrected chi connectivity index (χ2v) is 5.94. The molecule has 1 atom stereocenters. The molecule has 2 rings (SSSR count). The van der Waals surface area contributed by atoms with Gasteiger partial charge in [0, 0.05) is 18.6 Å². The van der Waals surface area contributed by atoms with E-state index in [2.05, 4.69) is 31.1 Å². The third kappa shape index (κ3) is 2.94. The molecule has 1 aliphatic carbocycles. The van der Waals surface area contributed by atoms with Crippen LogP contribution < -0.4 is 5.32 Å². The number of likely N-dealkylation sites (tertiary alicyclic amines) is 1. The van der Waals surface area contributed by atoms with Gasteiger partial charge in [0.2, 0.25) is 0 Å². The van der Waals surface area contributed by atoms with Gasteiger partial charge in [-0.25, -0.2) is 0 Å². The molecule has 0 bridgehead atoms. The summed E-state index contributed by atoms with van der Waals surface area (Å²) in [7, 11) is 2.24. The van der Waals surface area contributed by atoms with Crippen LogP contribution >= 0.6 is 0 Å². The fourth-order valence-electron chi connectivity index (χ4n) is 2.98. The van der Waals surface area contributed by atoms with Crippen molar-refractivity contribution in [1.29, 1.82) is 0 Å². The Balaban J connectivity index is 1.66. The highest BCUT2D eigenvalue weighted by Gasteiger charge is 2.32. The van der Waals surface area contributed by atoms with Gasteiger partial charge in [-0.15, -0.1) is 0 Å². The highest BCUT2D eigenvalue weighted by molar-refractivity contribution is 4.90. The number of hydrogen-bond donors (Lipinski definition) is 1. The summed E-state index contributed by atoms with van der Waals surface area (Å²) in [6.45, 7) is 7.25. The zero-order chi connectivity index (χ0) is 10.8. The molecule has 1 heterocycles. The minimum atomic E-state index is 0.766. The van der Waals surface area contributed by atoms with Gasteiger partial charge in [-0.1, -0.05) is 13.8 Å². The molecule has 0 aromatic carbocycles. The van der Waals surface area contributed by atoms with E-state index in [-0.39, 0.29) is 0 Å². The molecular weight excluding hydrogens is 184 g/mol. The van der Waals surface area contributed by atoms with E-state index in [9.17, 15) is 0 Å². The fourth-order valence-corrected chi connectivity index (χ4v) is 2.98. The number of nitrogens with one attached hydrogen (secondary N) is 1. The second-order valence-electron chi connectivity index (χ2n) is 5.94. The van der Waals surface area contributed by atoms with E-state index in [1.54, 1.807) is 0 Å². The van der Waals surface area contributed by atoms with E-state index >= 15 is 0 Å². The van der Waals surface area contributed by atoms with E-state index in [1.807, 2.05) is 0 Å². The Hall–Kier alpha value is -0.0800. The van der Waals surface area contributed by atoms with Crippen molar-refractivity contribution < 1.29 is 0 Å². The SMILES string of the molecule is CC(C)C1CC(NC2CCCN(C)C2)C1. The van der Waals surface area contributed by atoms with Gasteiger partial charge < -0.3 is 10.2 Å². The highest BCUT2D eigenvalue weighted by Crippen LogP contribution is 2.34. The van der Waals surface area contributed by atoms with Gasteiger partial charge in [-0.3, -0.25) is 0 Å². The monoisotopic (exact) mass is 210 g/mol. The molecule has 1 N–H and O–H groups in total. The molecule has 0 radical (unpaired) electrons. The molecule has 2 nitrogen and oxygen atoms in total. The number of likely N-dealkylation sites (N-methyl/N-ethyl adjacent to an activating group) is 1. The molecule has 0 amide bonds. The maximum absolute atomic E-state index is 3.83. The van der Waals surface area contributed by atoms with Crippen LogP contribution in [0.1, 0.15) is 39.5 Å². The van der Waals surface area contributed by atoms with E-state index < -0.39 is 0 Å². The molecule has 1 unspecified atom stereocenters. The normalized spacial score (nSPS) is 38.0. The van der Waals surface area contributed by atoms with Crippen LogP contribution in [-0.2, 0) is 0 Å². The fraction of sp³-hybridized carbons (Fsp3) is 1.00. The average Bonchev–Trinajstić information content (AvgIpc) is 2.10. The summed E-state index contributed by atoms with van der Waals surface area (Å²) >= 11 is 0. The van der Waals surface area contributed by atoms with Crippen molar-refractivity contribution in [3.63, 3.8) is 0 Å². The predicted octanol–water partition coefficient (Wildman–Crippen LogP) is 2.10. The van der Waals surface area contributed by atoms with Crippen LogP contribution in [0.3, 0.4) is 0 Å². The van der Waals surface area contributed by atoms with Crippen molar-refractivity contribution in [1.82, 2.24) is 10.2 Å². The second kappa shape index (κ2) is 4.84. The zero-order valence-electron chi connectivity index (χ0n) is 10.5. The first-order chi connectivity index (χ1) is 7.15. The predicted molar refractivity (Wildman–Crippen MR) is 65.0 cm³/mol. The van der Waals surface area contributed by atoms with Crippen LogP contribution in [-0.4, -0.2) is 37.1 Å². The summed E-state index contributed by atoms with van der Waals surface area (Å²) < 4.78 is 0. The lowest BCUT2D eigenvalue weighted by molar-refractivity contribution is 0.133. The minimum absolute atomic E-state index is 0.766.